The highest BCUT2D eigenvalue weighted by molar-refractivity contribution is 7.90. The van der Waals surface area contributed by atoms with E-state index in [1.165, 1.54) is 11.4 Å². The molecule has 0 saturated heterocycles. The molecule has 0 aliphatic heterocycles. The van der Waals surface area contributed by atoms with Gasteiger partial charge in [-0.15, -0.1) is 0 Å². The summed E-state index contributed by atoms with van der Waals surface area (Å²) < 4.78 is 27.4. The van der Waals surface area contributed by atoms with Crippen molar-refractivity contribution < 1.29 is 8.42 Å². The van der Waals surface area contributed by atoms with Gasteiger partial charge >= 0.3 is 10.2 Å². The molecule has 8 heteroatoms. The Labute approximate surface area is 108 Å². The molecule has 102 valence electrons. The van der Waals surface area contributed by atoms with E-state index in [9.17, 15) is 8.42 Å². The zero-order chi connectivity index (χ0) is 13.8. The van der Waals surface area contributed by atoms with Crippen LogP contribution in [0.2, 0.25) is 0 Å². The third-order valence-corrected chi connectivity index (χ3v) is 3.73. The molecular weight excluding hydrogens is 254 g/mol. The average Bonchev–Trinajstić information content (AvgIpc) is 2.23. The van der Waals surface area contributed by atoms with Crippen LogP contribution < -0.4 is 10.5 Å². The first-order chi connectivity index (χ1) is 8.35. The van der Waals surface area contributed by atoms with Crippen LogP contribution in [0, 0.1) is 13.8 Å². The van der Waals surface area contributed by atoms with Gasteiger partial charge in [0, 0.05) is 25.0 Å². The standard InChI is InChI=1S/C10H19N5O2S/c1-8-7-9(2)13-10(12-8)14-18(16,17)15(3)6-4-5-11/h7H,4-6,11H2,1-3H3,(H,12,13,14). The third-order valence-electron chi connectivity index (χ3n) is 2.29. The van der Waals surface area contributed by atoms with E-state index in [0.29, 0.717) is 30.9 Å². The van der Waals surface area contributed by atoms with Crippen molar-refractivity contribution >= 4 is 16.2 Å². The Kier molecular flexibility index (Phi) is 5.00. The Morgan fingerprint density at radius 2 is 1.89 bits per heavy atom. The molecule has 0 aliphatic carbocycles. The molecule has 0 atom stereocenters. The van der Waals surface area contributed by atoms with Crippen LogP contribution in [-0.4, -0.2) is 42.8 Å². The number of nitrogens with two attached hydrogens (primary N) is 1. The minimum Gasteiger partial charge on any atom is -0.330 e. The Balaban J connectivity index is 2.81. The number of hydrogen-bond donors (Lipinski definition) is 2. The highest BCUT2D eigenvalue weighted by Gasteiger charge is 2.18. The SMILES string of the molecule is Cc1cc(C)nc(NS(=O)(=O)N(C)CCCN)n1. The summed E-state index contributed by atoms with van der Waals surface area (Å²) in [7, 11) is -2.13. The van der Waals surface area contributed by atoms with E-state index in [2.05, 4.69) is 14.7 Å². The fourth-order valence-corrected chi connectivity index (χ4v) is 2.25. The van der Waals surface area contributed by atoms with Crippen molar-refractivity contribution in [3.63, 3.8) is 0 Å². The van der Waals surface area contributed by atoms with Gasteiger partial charge in [0.15, 0.2) is 0 Å². The van der Waals surface area contributed by atoms with Gasteiger partial charge in [-0.2, -0.15) is 12.7 Å². The van der Waals surface area contributed by atoms with Gasteiger partial charge in [-0.1, -0.05) is 0 Å². The molecule has 18 heavy (non-hydrogen) atoms. The van der Waals surface area contributed by atoms with Gasteiger partial charge in [-0.25, -0.2) is 14.7 Å². The molecule has 0 unspecified atom stereocenters. The molecule has 0 amide bonds. The average molecular weight is 273 g/mol. The topological polar surface area (TPSA) is 101 Å². The largest absolute Gasteiger partial charge is 0.330 e. The smallest absolute Gasteiger partial charge is 0.303 e. The monoisotopic (exact) mass is 273 g/mol. The number of aromatic nitrogens is 2. The van der Waals surface area contributed by atoms with Crippen LogP contribution >= 0.6 is 0 Å². The predicted molar refractivity (Wildman–Crippen MR) is 70.3 cm³/mol. The van der Waals surface area contributed by atoms with Crippen LogP contribution in [0.25, 0.3) is 0 Å². The van der Waals surface area contributed by atoms with Gasteiger partial charge in [0.05, 0.1) is 0 Å². The van der Waals surface area contributed by atoms with E-state index in [4.69, 9.17) is 5.73 Å². The summed E-state index contributed by atoms with van der Waals surface area (Å²) in [5, 5.41) is 0. The highest BCUT2D eigenvalue weighted by Crippen LogP contribution is 2.07. The number of anilines is 1. The Bertz CT molecular complexity index is 483. The number of rotatable bonds is 6. The first-order valence-corrected chi connectivity index (χ1v) is 7.05. The fraction of sp³-hybridized carbons (Fsp3) is 0.600. The molecule has 1 rings (SSSR count). The molecule has 3 N–H and O–H groups in total. The van der Waals surface area contributed by atoms with Gasteiger partial charge in [-0.3, -0.25) is 0 Å². The molecular formula is C10H19N5O2S. The van der Waals surface area contributed by atoms with Crippen molar-refractivity contribution in [2.75, 3.05) is 24.9 Å². The minimum atomic E-state index is -3.62. The zero-order valence-corrected chi connectivity index (χ0v) is 11.7. The van der Waals surface area contributed by atoms with Crippen molar-refractivity contribution in [1.29, 1.82) is 0 Å². The molecule has 1 heterocycles. The lowest BCUT2D eigenvalue weighted by Gasteiger charge is -2.17. The maximum Gasteiger partial charge on any atom is 0.303 e. The van der Waals surface area contributed by atoms with E-state index in [1.807, 2.05) is 0 Å². The Hall–Kier alpha value is -1.25. The van der Waals surface area contributed by atoms with Gasteiger partial charge in [0.1, 0.15) is 0 Å². The van der Waals surface area contributed by atoms with Crippen molar-refractivity contribution in [2.24, 2.45) is 5.73 Å². The summed E-state index contributed by atoms with van der Waals surface area (Å²) in [5.41, 5.74) is 6.77. The lowest BCUT2D eigenvalue weighted by molar-refractivity contribution is 0.468. The normalized spacial score (nSPS) is 11.8. The number of aryl methyl sites for hydroxylation is 2. The van der Waals surface area contributed by atoms with Crippen molar-refractivity contribution in [2.45, 2.75) is 20.3 Å². The summed E-state index contributed by atoms with van der Waals surface area (Å²) in [6, 6.07) is 1.77. The number of hydrogen-bond acceptors (Lipinski definition) is 5. The Morgan fingerprint density at radius 1 is 1.33 bits per heavy atom. The fourth-order valence-electron chi connectivity index (χ4n) is 1.40. The van der Waals surface area contributed by atoms with Gasteiger partial charge < -0.3 is 5.73 Å². The molecule has 0 aromatic carbocycles. The number of nitrogens with zero attached hydrogens (tertiary/aromatic N) is 3. The van der Waals surface area contributed by atoms with E-state index >= 15 is 0 Å². The molecule has 0 fully saturated rings. The maximum atomic E-state index is 11.9. The summed E-state index contributed by atoms with van der Waals surface area (Å²) in [6.07, 6.45) is 0.602. The summed E-state index contributed by atoms with van der Waals surface area (Å²) in [6.45, 7) is 4.37. The zero-order valence-electron chi connectivity index (χ0n) is 10.8. The summed E-state index contributed by atoms with van der Waals surface area (Å²) in [5.74, 6) is 0.0899. The van der Waals surface area contributed by atoms with Crippen LogP contribution in [0.1, 0.15) is 17.8 Å². The lowest BCUT2D eigenvalue weighted by Crippen LogP contribution is -2.34. The highest BCUT2D eigenvalue weighted by atomic mass is 32.2. The van der Waals surface area contributed by atoms with Crippen LogP contribution in [0.3, 0.4) is 0 Å². The molecule has 0 aliphatic rings. The van der Waals surface area contributed by atoms with Crippen LogP contribution in [0.5, 0.6) is 0 Å². The van der Waals surface area contributed by atoms with E-state index in [0.717, 1.165) is 0 Å². The number of nitrogens with one attached hydrogen (secondary N) is 1. The molecule has 7 nitrogen and oxygen atoms in total. The first-order valence-electron chi connectivity index (χ1n) is 5.61. The van der Waals surface area contributed by atoms with Crippen molar-refractivity contribution in [3.8, 4) is 0 Å². The molecule has 0 radical (unpaired) electrons. The Morgan fingerprint density at radius 3 is 2.39 bits per heavy atom. The van der Waals surface area contributed by atoms with Crippen molar-refractivity contribution in [3.05, 3.63) is 17.5 Å². The summed E-state index contributed by atoms with van der Waals surface area (Å²) in [4.78, 5) is 8.06. The second-order valence-corrected chi connectivity index (χ2v) is 5.82. The van der Waals surface area contributed by atoms with Gasteiger partial charge in [0.25, 0.3) is 0 Å². The predicted octanol–water partition coefficient (Wildman–Crippen LogP) is 0.0307. The van der Waals surface area contributed by atoms with Gasteiger partial charge in [0.2, 0.25) is 5.95 Å². The second kappa shape index (κ2) is 6.07. The maximum absolute atomic E-state index is 11.9. The van der Waals surface area contributed by atoms with E-state index in [1.54, 1.807) is 19.9 Å². The van der Waals surface area contributed by atoms with Crippen molar-refractivity contribution in [1.82, 2.24) is 14.3 Å². The second-order valence-electron chi connectivity index (χ2n) is 4.05. The summed E-state index contributed by atoms with van der Waals surface area (Å²) >= 11 is 0. The van der Waals surface area contributed by atoms with Crippen LogP contribution in [0.4, 0.5) is 5.95 Å². The molecule has 1 aromatic heterocycles. The molecule has 0 saturated carbocycles. The van der Waals surface area contributed by atoms with E-state index < -0.39 is 10.2 Å². The molecule has 0 bridgehead atoms. The third kappa shape index (κ3) is 4.21. The van der Waals surface area contributed by atoms with Crippen LogP contribution in [0.15, 0.2) is 6.07 Å². The van der Waals surface area contributed by atoms with E-state index in [-0.39, 0.29) is 5.95 Å². The van der Waals surface area contributed by atoms with Gasteiger partial charge in [-0.05, 0) is 32.9 Å². The minimum absolute atomic E-state index is 0.0899. The molecule has 1 aromatic rings. The quantitative estimate of drug-likeness (QED) is 0.761. The lowest BCUT2D eigenvalue weighted by atomic mass is 10.4. The molecule has 0 spiro atoms. The first kappa shape index (κ1) is 14.8. The van der Waals surface area contributed by atoms with Crippen LogP contribution in [-0.2, 0) is 10.2 Å².